The van der Waals surface area contributed by atoms with Gasteiger partial charge >= 0.3 is 0 Å². The van der Waals surface area contributed by atoms with E-state index in [-0.39, 0.29) is 11.6 Å². The van der Waals surface area contributed by atoms with Crippen molar-refractivity contribution in [2.45, 2.75) is 32.4 Å². The molecule has 0 saturated carbocycles. The van der Waals surface area contributed by atoms with Gasteiger partial charge in [-0.1, -0.05) is 0 Å². The van der Waals surface area contributed by atoms with Crippen molar-refractivity contribution in [3.05, 3.63) is 29.8 Å². The van der Waals surface area contributed by atoms with Crippen LogP contribution in [0.4, 0.5) is 4.39 Å². The van der Waals surface area contributed by atoms with Gasteiger partial charge in [-0.05, 0) is 32.4 Å². The second-order valence-corrected chi connectivity index (χ2v) is 3.80. The van der Waals surface area contributed by atoms with E-state index in [9.17, 15) is 9.18 Å². The third kappa shape index (κ3) is 3.58. The van der Waals surface area contributed by atoms with Crippen molar-refractivity contribution < 1.29 is 14.3 Å². The smallest absolute Gasteiger partial charge is 0.256 e. The lowest BCUT2D eigenvalue weighted by Gasteiger charge is -2.15. The molecule has 4 nitrogen and oxygen atoms in total. The van der Waals surface area contributed by atoms with Crippen molar-refractivity contribution in [1.82, 2.24) is 10.3 Å². The highest BCUT2D eigenvalue weighted by atomic mass is 19.1. The number of aliphatic hydroxyl groups is 1. The standard InChI is InChI=1S/C11H15FN2O2/c1-7(6-8(2)15)14-11(16)9-4-3-5-13-10(9)12/h3-5,7-8,15H,6H2,1-2H3,(H,14,16). The maximum atomic E-state index is 13.1. The predicted molar refractivity (Wildman–Crippen MR) is 57.4 cm³/mol. The van der Waals surface area contributed by atoms with Gasteiger partial charge in [0.15, 0.2) is 0 Å². The lowest BCUT2D eigenvalue weighted by molar-refractivity contribution is 0.0918. The fourth-order valence-electron chi connectivity index (χ4n) is 1.43. The Morgan fingerprint density at radius 2 is 2.31 bits per heavy atom. The molecular formula is C11H15FN2O2. The Bertz CT molecular complexity index is 369. The zero-order chi connectivity index (χ0) is 12.1. The Labute approximate surface area is 93.5 Å². The Morgan fingerprint density at radius 1 is 1.62 bits per heavy atom. The van der Waals surface area contributed by atoms with Crippen LogP contribution in [0.25, 0.3) is 0 Å². The zero-order valence-corrected chi connectivity index (χ0v) is 9.27. The SMILES string of the molecule is CC(O)CC(C)NC(=O)c1cccnc1F. The Balaban J connectivity index is 2.63. The Morgan fingerprint density at radius 3 is 2.88 bits per heavy atom. The topological polar surface area (TPSA) is 62.2 Å². The molecule has 1 heterocycles. The second kappa shape index (κ2) is 5.55. The van der Waals surface area contributed by atoms with Crippen molar-refractivity contribution in [2.75, 3.05) is 0 Å². The molecule has 0 bridgehead atoms. The molecule has 0 aliphatic carbocycles. The number of aromatic nitrogens is 1. The van der Waals surface area contributed by atoms with Crippen molar-refractivity contribution in [3.63, 3.8) is 0 Å². The fraction of sp³-hybridized carbons (Fsp3) is 0.455. The number of nitrogens with zero attached hydrogens (tertiary/aromatic N) is 1. The molecule has 1 amide bonds. The minimum absolute atomic E-state index is 0.0834. The maximum Gasteiger partial charge on any atom is 0.256 e. The third-order valence-corrected chi connectivity index (χ3v) is 2.08. The summed E-state index contributed by atoms with van der Waals surface area (Å²) in [6.45, 7) is 3.38. The molecule has 2 unspecified atom stereocenters. The van der Waals surface area contributed by atoms with Crippen LogP contribution in [-0.2, 0) is 0 Å². The van der Waals surface area contributed by atoms with E-state index in [0.717, 1.165) is 0 Å². The van der Waals surface area contributed by atoms with Gasteiger partial charge in [-0.2, -0.15) is 4.39 Å². The van der Waals surface area contributed by atoms with Gasteiger partial charge < -0.3 is 10.4 Å². The molecule has 0 fully saturated rings. The fourth-order valence-corrected chi connectivity index (χ4v) is 1.43. The number of carbonyl (C=O) groups excluding carboxylic acids is 1. The summed E-state index contributed by atoms with van der Waals surface area (Å²) in [6.07, 6.45) is 1.20. The number of amides is 1. The first kappa shape index (κ1) is 12.6. The molecule has 5 heteroatoms. The van der Waals surface area contributed by atoms with Crippen LogP contribution in [0, 0.1) is 5.95 Å². The van der Waals surface area contributed by atoms with Gasteiger partial charge in [0.25, 0.3) is 5.91 Å². The summed E-state index contributed by atoms with van der Waals surface area (Å²) in [4.78, 5) is 15.0. The molecule has 0 saturated heterocycles. The zero-order valence-electron chi connectivity index (χ0n) is 9.27. The maximum absolute atomic E-state index is 13.1. The Kier molecular flexibility index (Phi) is 4.37. The van der Waals surface area contributed by atoms with Crippen molar-refractivity contribution in [2.24, 2.45) is 0 Å². The molecule has 1 aromatic heterocycles. The van der Waals surface area contributed by atoms with Gasteiger partial charge in [0, 0.05) is 12.2 Å². The first-order valence-corrected chi connectivity index (χ1v) is 5.10. The van der Waals surface area contributed by atoms with Gasteiger partial charge in [0.2, 0.25) is 5.95 Å². The van der Waals surface area contributed by atoms with Gasteiger partial charge in [-0.25, -0.2) is 4.98 Å². The van der Waals surface area contributed by atoms with Crippen molar-refractivity contribution >= 4 is 5.91 Å². The molecular weight excluding hydrogens is 211 g/mol. The first-order valence-electron chi connectivity index (χ1n) is 5.10. The van der Waals surface area contributed by atoms with Crippen LogP contribution in [0.3, 0.4) is 0 Å². The molecule has 2 N–H and O–H groups in total. The highest BCUT2D eigenvalue weighted by Crippen LogP contribution is 2.04. The van der Waals surface area contributed by atoms with E-state index in [1.807, 2.05) is 0 Å². The molecule has 1 aromatic rings. The number of pyridine rings is 1. The summed E-state index contributed by atoms with van der Waals surface area (Å²) in [6, 6.07) is 2.65. The van der Waals surface area contributed by atoms with E-state index in [0.29, 0.717) is 6.42 Å². The van der Waals surface area contributed by atoms with Gasteiger partial charge in [-0.15, -0.1) is 0 Å². The predicted octanol–water partition coefficient (Wildman–Crippen LogP) is 1.11. The van der Waals surface area contributed by atoms with E-state index >= 15 is 0 Å². The minimum Gasteiger partial charge on any atom is -0.393 e. The first-order chi connectivity index (χ1) is 7.50. The monoisotopic (exact) mass is 226 g/mol. The summed E-state index contributed by atoms with van der Waals surface area (Å²) in [5.41, 5.74) is -0.0834. The van der Waals surface area contributed by atoms with Crippen molar-refractivity contribution in [3.8, 4) is 0 Å². The molecule has 1 rings (SSSR count). The summed E-state index contributed by atoms with van der Waals surface area (Å²) >= 11 is 0. The van der Waals surface area contributed by atoms with Crippen LogP contribution in [0.5, 0.6) is 0 Å². The largest absolute Gasteiger partial charge is 0.393 e. The van der Waals surface area contributed by atoms with Crippen LogP contribution in [-0.4, -0.2) is 28.1 Å². The number of hydrogen-bond acceptors (Lipinski definition) is 3. The molecule has 88 valence electrons. The average Bonchev–Trinajstić information content (AvgIpc) is 2.16. The Hall–Kier alpha value is -1.49. The molecule has 0 aliphatic heterocycles. The summed E-state index contributed by atoms with van der Waals surface area (Å²) < 4.78 is 13.1. The quantitative estimate of drug-likeness (QED) is 0.756. The van der Waals surface area contributed by atoms with E-state index < -0.39 is 18.0 Å². The normalized spacial score (nSPS) is 14.2. The highest BCUT2D eigenvalue weighted by molar-refractivity contribution is 5.94. The molecule has 0 spiro atoms. The van der Waals surface area contributed by atoms with E-state index in [2.05, 4.69) is 10.3 Å². The third-order valence-electron chi connectivity index (χ3n) is 2.08. The molecule has 2 atom stereocenters. The lowest BCUT2D eigenvalue weighted by atomic mass is 10.1. The number of halogens is 1. The molecule has 16 heavy (non-hydrogen) atoms. The number of nitrogens with one attached hydrogen (secondary N) is 1. The average molecular weight is 226 g/mol. The van der Waals surface area contributed by atoms with Crippen molar-refractivity contribution in [1.29, 1.82) is 0 Å². The number of rotatable bonds is 4. The molecule has 0 aliphatic rings. The van der Waals surface area contributed by atoms with E-state index in [4.69, 9.17) is 5.11 Å². The summed E-state index contributed by atoms with van der Waals surface area (Å²) in [5.74, 6) is -1.30. The number of carbonyl (C=O) groups is 1. The second-order valence-electron chi connectivity index (χ2n) is 3.80. The van der Waals surface area contributed by atoms with Crippen LogP contribution in [0.2, 0.25) is 0 Å². The van der Waals surface area contributed by atoms with Gasteiger partial charge in [0.05, 0.1) is 11.7 Å². The summed E-state index contributed by atoms with van der Waals surface area (Å²) in [7, 11) is 0. The number of hydrogen-bond donors (Lipinski definition) is 2. The van der Waals surface area contributed by atoms with Crippen LogP contribution in [0.1, 0.15) is 30.6 Å². The summed E-state index contributed by atoms with van der Waals surface area (Å²) in [5, 5.41) is 11.7. The van der Waals surface area contributed by atoms with Gasteiger partial charge in [0.1, 0.15) is 0 Å². The van der Waals surface area contributed by atoms with E-state index in [1.54, 1.807) is 13.8 Å². The van der Waals surface area contributed by atoms with Crippen LogP contribution < -0.4 is 5.32 Å². The van der Waals surface area contributed by atoms with Crippen LogP contribution >= 0.6 is 0 Å². The lowest BCUT2D eigenvalue weighted by Crippen LogP contribution is -2.35. The number of aliphatic hydroxyl groups excluding tert-OH is 1. The molecule has 0 aromatic carbocycles. The molecule has 0 radical (unpaired) electrons. The van der Waals surface area contributed by atoms with E-state index in [1.165, 1.54) is 18.3 Å². The highest BCUT2D eigenvalue weighted by Gasteiger charge is 2.15. The minimum atomic E-state index is -0.788. The van der Waals surface area contributed by atoms with Gasteiger partial charge in [-0.3, -0.25) is 4.79 Å². The van der Waals surface area contributed by atoms with Crippen LogP contribution in [0.15, 0.2) is 18.3 Å².